The van der Waals surface area contributed by atoms with Gasteiger partial charge >= 0.3 is 0 Å². The van der Waals surface area contributed by atoms with E-state index in [2.05, 4.69) is 20.4 Å². The molecule has 1 aromatic heterocycles. The molecular formula is C17H20FN5O. The topological polar surface area (TPSA) is 84.1 Å². The number of carbonyl (C=O) groups excluding carboxylic acids is 1. The number of carbonyl (C=O) groups is 1. The van der Waals surface area contributed by atoms with Gasteiger partial charge in [-0.3, -0.25) is 10.1 Å². The molecule has 0 radical (unpaired) electrons. The molecule has 126 valence electrons. The molecule has 1 aliphatic rings. The van der Waals surface area contributed by atoms with Gasteiger partial charge in [0.25, 0.3) is 0 Å². The number of amides is 1. The molecule has 0 saturated carbocycles. The Balaban J connectivity index is 1.70. The highest BCUT2D eigenvalue weighted by Gasteiger charge is 2.26. The lowest BCUT2D eigenvalue weighted by molar-refractivity contribution is -0.120. The fraction of sp³-hybridized carbons (Fsp3) is 0.353. The first-order valence-electron chi connectivity index (χ1n) is 7.97. The molecule has 3 rings (SSSR count). The summed E-state index contributed by atoms with van der Waals surface area (Å²) in [6, 6.07) is 9.05. The maximum Gasteiger partial charge on any atom is 0.239 e. The van der Waals surface area contributed by atoms with E-state index in [4.69, 9.17) is 5.73 Å². The van der Waals surface area contributed by atoms with Gasteiger partial charge in [0.2, 0.25) is 5.91 Å². The summed E-state index contributed by atoms with van der Waals surface area (Å²) in [4.78, 5) is 14.0. The molecule has 3 N–H and O–H groups in total. The fourth-order valence-electron chi connectivity index (χ4n) is 3.02. The maximum atomic E-state index is 13.1. The average molecular weight is 329 g/mol. The second-order valence-corrected chi connectivity index (χ2v) is 5.92. The molecule has 24 heavy (non-hydrogen) atoms. The number of anilines is 1. The van der Waals surface area contributed by atoms with E-state index in [1.165, 1.54) is 12.1 Å². The summed E-state index contributed by atoms with van der Waals surface area (Å²) in [5.41, 5.74) is 6.21. The van der Waals surface area contributed by atoms with Gasteiger partial charge in [-0.25, -0.2) is 4.39 Å². The molecule has 1 saturated heterocycles. The molecule has 1 aliphatic heterocycles. The van der Waals surface area contributed by atoms with Crippen LogP contribution in [0.15, 0.2) is 42.6 Å². The number of aromatic nitrogens is 2. The van der Waals surface area contributed by atoms with E-state index in [-0.39, 0.29) is 11.9 Å². The van der Waals surface area contributed by atoms with E-state index in [9.17, 15) is 9.18 Å². The monoisotopic (exact) mass is 329 g/mol. The molecule has 2 heterocycles. The van der Waals surface area contributed by atoms with Crippen molar-refractivity contribution in [3.8, 4) is 0 Å². The number of rotatable bonds is 5. The van der Waals surface area contributed by atoms with Crippen molar-refractivity contribution in [1.82, 2.24) is 15.5 Å². The maximum absolute atomic E-state index is 13.1. The third-order valence-corrected chi connectivity index (χ3v) is 4.19. The highest BCUT2D eigenvalue weighted by atomic mass is 19.1. The van der Waals surface area contributed by atoms with Gasteiger partial charge in [0, 0.05) is 25.3 Å². The summed E-state index contributed by atoms with van der Waals surface area (Å²) in [6.45, 7) is 1.61. The van der Waals surface area contributed by atoms with Crippen LogP contribution in [0, 0.1) is 5.82 Å². The Morgan fingerprint density at radius 3 is 2.79 bits per heavy atom. The Labute approximate surface area is 139 Å². The quantitative estimate of drug-likeness (QED) is 0.866. The first-order chi connectivity index (χ1) is 11.6. The van der Waals surface area contributed by atoms with Crippen molar-refractivity contribution in [2.45, 2.75) is 24.9 Å². The Morgan fingerprint density at radius 1 is 1.33 bits per heavy atom. The second kappa shape index (κ2) is 7.35. The van der Waals surface area contributed by atoms with Gasteiger partial charge in [0.05, 0.1) is 0 Å². The first-order valence-corrected chi connectivity index (χ1v) is 7.97. The van der Waals surface area contributed by atoms with Crippen LogP contribution in [0.3, 0.4) is 0 Å². The van der Waals surface area contributed by atoms with Crippen molar-refractivity contribution in [1.29, 1.82) is 0 Å². The van der Waals surface area contributed by atoms with Gasteiger partial charge in [0.15, 0.2) is 5.82 Å². The molecule has 1 aromatic carbocycles. The van der Waals surface area contributed by atoms with Crippen LogP contribution in [-0.4, -0.2) is 35.2 Å². The molecule has 0 aliphatic carbocycles. The summed E-state index contributed by atoms with van der Waals surface area (Å²) in [6.07, 6.45) is 3.55. The number of nitrogens with two attached hydrogens (primary N) is 1. The van der Waals surface area contributed by atoms with Crippen molar-refractivity contribution < 1.29 is 9.18 Å². The number of nitrogens with zero attached hydrogens (tertiary/aromatic N) is 3. The molecular weight excluding hydrogens is 309 g/mol. The Hall–Kier alpha value is -2.54. The van der Waals surface area contributed by atoms with Crippen LogP contribution in [0.1, 0.15) is 24.4 Å². The predicted molar refractivity (Wildman–Crippen MR) is 88.7 cm³/mol. The molecule has 0 unspecified atom stereocenters. The van der Waals surface area contributed by atoms with Crippen LogP contribution < -0.4 is 16.0 Å². The zero-order valence-corrected chi connectivity index (χ0v) is 13.2. The van der Waals surface area contributed by atoms with Crippen molar-refractivity contribution in [3.05, 3.63) is 54.0 Å². The minimum Gasteiger partial charge on any atom is -0.368 e. The summed E-state index contributed by atoms with van der Waals surface area (Å²) in [5, 5.41) is 11.3. The van der Waals surface area contributed by atoms with E-state index in [0.29, 0.717) is 12.1 Å². The number of nitrogens with one attached hydrogen (secondary N) is 1. The van der Waals surface area contributed by atoms with E-state index in [1.54, 1.807) is 18.3 Å². The summed E-state index contributed by atoms with van der Waals surface area (Å²) >= 11 is 0. The fourth-order valence-corrected chi connectivity index (χ4v) is 3.02. The highest BCUT2D eigenvalue weighted by molar-refractivity contribution is 5.81. The number of halogens is 1. The summed E-state index contributed by atoms with van der Waals surface area (Å²) in [5.74, 6) is 0.00751. The summed E-state index contributed by atoms with van der Waals surface area (Å²) < 4.78 is 13.1. The number of piperidine rings is 1. The summed E-state index contributed by atoms with van der Waals surface area (Å²) in [7, 11) is 0. The van der Waals surface area contributed by atoms with Crippen molar-refractivity contribution >= 4 is 11.7 Å². The van der Waals surface area contributed by atoms with Crippen LogP contribution in [-0.2, 0) is 4.79 Å². The van der Waals surface area contributed by atoms with E-state index in [0.717, 1.165) is 25.2 Å². The molecule has 1 amide bonds. The van der Waals surface area contributed by atoms with Crippen molar-refractivity contribution in [3.63, 3.8) is 0 Å². The van der Waals surface area contributed by atoms with Gasteiger partial charge in [0.1, 0.15) is 11.9 Å². The molecule has 0 spiro atoms. The Morgan fingerprint density at radius 2 is 2.12 bits per heavy atom. The highest BCUT2D eigenvalue weighted by Crippen LogP contribution is 2.20. The smallest absolute Gasteiger partial charge is 0.239 e. The third-order valence-electron chi connectivity index (χ3n) is 4.19. The molecule has 2 atom stereocenters. The van der Waals surface area contributed by atoms with Crippen molar-refractivity contribution in [2.24, 2.45) is 5.73 Å². The lowest BCUT2D eigenvalue weighted by Gasteiger charge is -2.35. The largest absolute Gasteiger partial charge is 0.368 e. The van der Waals surface area contributed by atoms with Gasteiger partial charge in [-0.05, 0) is 42.7 Å². The molecule has 0 bridgehead atoms. The predicted octanol–water partition coefficient (Wildman–Crippen LogP) is 1.40. The van der Waals surface area contributed by atoms with Gasteiger partial charge in [-0.2, -0.15) is 5.10 Å². The minimum atomic E-state index is -0.641. The van der Waals surface area contributed by atoms with Gasteiger partial charge < -0.3 is 10.6 Å². The van der Waals surface area contributed by atoms with Crippen LogP contribution in [0.5, 0.6) is 0 Å². The lowest BCUT2D eigenvalue weighted by Crippen LogP contribution is -2.49. The van der Waals surface area contributed by atoms with Gasteiger partial charge in [-0.1, -0.05) is 12.1 Å². The average Bonchev–Trinajstić information content (AvgIpc) is 2.61. The standard InChI is InChI=1S/C17H20FN5O/c18-13-7-5-12(6-8-13)16(17(19)24)21-14-3-2-10-23(11-14)15-4-1-9-20-22-15/h1,4-9,14,16,21H,2-3,10-11H2,(H2,19,24)/t14-,16-/m0/s1. The number of hydrogen-bond acceptors (Lipinski definition) is 5. The molecule has 7 heteroatoms. The molecule has 2 aromatic rings. The number of benzene rings is 1. The minimum absolute atomic E-state index is 0.0864. The van der Waals surface area contributed by atoms with Crippen LogP contribution in [0.4, 0.5) is 10.2 Å². The second-order valence-electron chi connectivity index (χ2n) is 5.92. The van der Waals surface area contributed by atoms with E-state index >= 15 is 0 Å². The molecule has 1 fully saturated rings. The first kappa shape index (κ1) is 16.3. The van der Waals surface area contributed by atoms with Crippen LogP contribution in [0.25, 0.3) is 0 Å². The van der Waals surface area contributed by atoms with E-state index < -0.39 is 11.9 Å². The Kier molecular flexibility index (Phi) is 5.00. The SMILES string of the molecule is NC(=O)[C@@H](N[C@H]1CCCN(c2cccnn2)C1)c1ccc(F)cc1. The van der Waals surface area contributed by atoms with Crippen LogP contribution in [0.2, 0.25) is 0 Å². The van der Waals surface area contributed by atoms with Crippen molar-refractivity contribution in [2.75, 3.05) is 18.0 Å². The third kappa shape index (κ3) is 3.86. The number of hydrogen-bond donors (Lipinski definition) is 2. The van der Waals surface area contributed by atoms with Crippen LogP contribution >= 0.6 is 0 Å². The lowest BCUT2D eigenvalue weighted by atomic mass is 10.0. The normalized spacial score (nSPS) is 19.0. The molecule has 6 nitrogen and oxygen atoms in total. The number of primary amides is 1. The van der Waals surface area contributed by atoms with Gasteiger partial charge in [-0.15, -0.1) is 5.10 Å². The zero-order valence-electron chi connectivity index (χ0n) is 13.2. The zero-order chi connectivity index (χ0) is 16.9. The Bertz CT molecular complexity index is 679. The van der Waals surface area contributed by atoms with E-state index in [1.807, 2.05) is 12.1 Å².